The molecule has 0 radical (unpaired) electrons. The van der Waals surface area contributed by atoms with E-state index in [9.17, 15) is 14.9 Å². The fourth-order valence-corrected chi connectivity index (χ4v) is 3.54. The van der Waals surface area contributed by atoms with E-state index in [1.165, 1.54) is 18.2 Å². The number of non-ortho nitro benzene ring substituents is 1. The van der Waals surface area contributed by atoms with Crippen LogP contribution < -0.4 is 0 Å². The van der Waals surface area contributed by atoms with Gasteiger partial charge in [-0.15, -0.1) is 0 Å². The predicted molar refractivity (Wildman–Crippen MR) is 104 cm³/mol. The van der Waals surface area contributed by atoms with Crippen LogP contribution in [0.15, 0.2) is 57.5 Å². The Hall–Kier alpha value is -3.07. The number of amides is 1. The van der Waals surface area contributed by atoms with E-state index in [2.05, 4.69) is 26.1 Å². The zero-order chi connectivity index (χ0) is 19.7. The molecule has 9 heteroatoms. The number of carbonyl (C=O) groups excluding carboxylic acids is 1. The molecule has 1 saturated heterocycles. The second-order valence-electron chi connectivity index (χ2n) is 6.43. The number of aromatic nitrogens is 2. The Morgan fingerprint density at radius 1 is 1.25 bits per heavy atom. The van der Waals surface area contributed by atoms with Gasteiger partial charge < -0.3 is 9.42 Å². The molecule has 1 fully saturated rings. The van der Waals surface area contributed by atoms with Crippen LogP contribution in [0, 0.1) is 10.1 Å². The molecule has 28 heavy (non-hydrogen) atoms. The summed E-state index contributed by atoms with van der Waals surface area (Å²) < 4.78 is 6.39. The lowest BCUT2D eigenvalue weighted by Crippen LogP contribution is -2.30. The van der Waals surface area contributed by atoms with Crippen molar-refractivity contribution in [1.29, 1.82) is 0 Å². The van der Waals surface area contributed by atoms with Crippen LogP contribution in [0.25, 0.3) is 11.4 Å². The predicted octanol–water partition coefficient (Wildman–Crippen LogP) is 4.38. The van der Waals surface area contributed by atoms with Crippen molar-refractivity contribution in [3.8, 4) is 11.4 Å². The smallest absolute Gasteiger partial charge is 0.270 e. The number of hydrogen-bond acceptors (Lipinski definition) is 6. The Morgan fingerprint density at radius 2 is 2.04 bits per heavy atom. The van der Waals surface area contributed by atoms with E-state index >= 15 is 0 Å². The monoisotopic (exact) mass is 442 g/mol. The zero-order valence-corrected chi connectivity index (χ0v) is 16.2. The van der Waals surface area contributed by atoms with Gasteiger partial charge in [0.1, 0.15) is 6.04 Å². The molecule has 0 aliphatic carbocycles. The fraction of sp³-hybridized carbons (Fsp3) is 0.211. The molecule has 1 atom stereocenters. The Morgan fingerprint density at radius 3 is 2.79 bits per heavy atom. The van der Waals surface area contributed by atoms with Crippen LogP contribution in [0.4, 0.5) is 5.69 Å². The van der Waals surface area contributed by atoms with E-state index in [4.69, 9.17) is 4.52 Å². The number of nitro groups is 1. The summed E-state index contributed by atoms with van der Waals surface area (Å²) in [7, 11) is 0. The third-order valence-corrected chi connectivity index (χ3v) is 5.18. The number of halogens is 1. The third-order valence-electron chi connectivity index (χ3n) is 4.65. The van der Waals surface area contributed by atoms with Crippen LogP contribution in [0.2, 0.25) is 0 Å². The van der Waals surface area contributed by atoms with Crippen molar-refractivity contribution in [2.45, 2.75) is 18.9 Å². The first-order valence-electron chi connectivity index (χ1n) is 8.68. The highest BCUT2D eigenvalue weighted by Crippen LogP contribution is 2.33. The standard InChI is InChI=1S/C19H15BrN4O4/c20-14-8-6-12(7-9-14)17-21-18(28-22-17)16-5-2-10-23(16)19(25)13-3-1-4-15(11-13)24(26)27/h1,3-4,6-9,11,16H,2,5,10H2. The van der Waals surface area contributed by atoms with Gasteiger partial charge in [0.05, 0.1) is 4.92 Å². The molecule has 3 aromatic rings. The minimum Gasteiger partial charge on any atom is -0.337 e. The van der Waals surface area contributed by atoms with Gasteiger partial charge in [0.25, 0.3) is 11.6 Å². The Bertz CT molecular complexity index is 1030. The highest BCUT2D eigenvalue weighted by Gasteiger charge is 2.35. The number of carbonyl (C=O) groups is 1. The van der Waals surface area contributed by atoms with Crippen molar-refractivity contribution in [3.05, 3.63) is 74.6 Å². The number of nitro benzene ring substituents is 1. The maximum absolute atomic E-state index is 12.9. The molecule has 1 amide bonds. The molecule has 0 N–H and O–H groups in total. The van der Waals surface area contributed by atoms with Crippen molar-refractivity contribution in [2.75, 3.05) is 6.54 Å². The lowest BCUT2D eigenvalue weighted by Gasteiger charge is -2.21. The second kappa shape index (κ2) is 7.51. The van der Waals surface area contributed by atoms with E-state index in [0.29, 0.717) is 24.7 Å². The van der Waals surface area contributed by atoms with Crippen LogP contribution in [-0.2, 0) is 0 Å². The maximum atomic E-state index is 12.9. The van der Waals surface area contributed by atoms with Crippen LogP contribution in [-0.4, -0.2) is 32.4 Å². The van der Waals surface area contributed by atoms with Crippen molar-refractivity contribution in [3.63, 3.8) is 0 Å². The maximum Gasteiger partial charge on any atom is 0.270 e. The van der Waals surface area contributed by atoms with Crippen molar-refractivity contribution in [1.82, 2.24) is 15.0 Å². The molecular weight excluding hydrogens is 428 g/mol. The zero-order valence-electron chi connectivity index (χ0n) is 14.6. The Labute approximate surface area is 168 Å². The average Bonchev–Trinajstić information content (AvgIpc) is 3.37. The van der Waals surface area contributed by atoms with Gasteiger partial charge in [-0.25, -0.2) is 0 Å². The number of hydrogen-bond donors (Lipinski definition) is 0. The first-order chi connectivity index (χ1) is 13.5. The van der Waals surface area contributed by atoms with E-state index in [1.807, 2.05) is 24.3 Å². The van der Waals surface area contributed by atoms with E-state index in [0.717, 1.165) is 16.5 Å². The highest BCUT2D eigenvalue weighted by molar-refractivity contribution is 9.10. The molecule has 2 heterocycles. The lowest BCUT2D eigenvalue weighted by atomic mass is 10.1. The molecule has 8 nitrogen and oxygen atoms in total. The Balaban J connectivity index is 1.59. The number of nitrogens with zero attached hydrogens (tertiary/aromatic N) is 4. The third kappa shape index (κ3) is 3.53. The minimum absolute atomic E-state index is 0.114. The van der Waals surface area contributed by atoms with Gasteiger partial charge in [0.15, 0.2) is 0 Å². The molecule has 0 bridgehead atoms. The molecule has 0 spiro atoms. The van der Waals surface area contributed by atoms with Crippen LogP contribution in [0.3, 0.4) is 0 Å². The first-order valence-corrected chi connectivity index (χ1v) is 9.47. The van der Waals surface area contributed by atoms with Crippen LogP contribution in [0.1, 0.15) is 35.1 Å². The lowest BCUT2D eigenvalue weighted by molar-refractivity contribution is -0.384. The molecule has 1 aliphatic heterocycles. The molecular formula is C19H15BrN4O4. The average molecular weight is 443 g/mol. The summed E-state index contributed by atoms with van der Waals surface area (Å²) in [6.07, 6.45) is 1.49. The van der Waals surface area contributed by atoms with E-state index in [-0.39, 0.29) is 23.2 Å². The van der Waals surface area contributed by atoms with Crippen molar-refractivity contribution in [2.24, 2.45) is 0 Å². The van der Waals surface area contributed by atoms with Crippen LogP contribution in [0.5, 0.6) is 0 Å². The summed E-state index contributed by atoms with van der Waals surface area (Å²) >= 11 is 3.39. The van der Waals surface area contributed by atoms with E-state index in [1.54, 1.807) is 11.0 Å². The van der Waals surface area contributed by atoms with E-state index < -0.39 is 4.92 Å². The summed E-state index contributed by atoms with van der Waals surface area (Å²) in [6.45, 7) is 0.530. The van der Waals surface area contributed by atoms with Gasteiger partial charge >= 0.3 is 0 Å². The molecule has 142 valence electrons. The summed E-state index contributed by atoms with van der Waals surface area (Å²) in [5.74, 6) is 0.543. The minimum atomic E-state index is -0.513. The fourth-order valence-electron chi connectivity index (χ4n) is 3.27. The molecule has 1 unspecified atom stereocenters. The van der Waals surface area contributed by atoms with Gasteiger partial charge in [0.2, 0.25) is 11.7 Å². The highest BCUT2D eigenvalue weighted by atomic mass is 79.9. The van der Waals surface area contributed by atoms with Gasteiger partial charge in [-0.3, -0.25) is 14.9 Å². The molecule has 0 saturated carbocycles. The summed E-state index contributed by atoms with van der Waals surface area (Å²) in [5.41, 5.74) is 0.971. The van der Waals surface area contributed by atoms with Gasteiger partial charge in [-0.05, 0) is 43.2 Å². The van der Waals surface area contributed by atoms with Crippen molar-refractivity contribution < 1.29 is 14.2 Å². The topological polar surface area (TPSA) is 102 Å². The normalized spacial score (nSPS) is 16.3. The summed E-state index contributed by atoms with van der Waals surface area (Å²) in [5, 5.41) is 15.0. The summed E-state index contributed by atoms with van der Waals surface area (Å²) in [4.78, 5) is 29.5. The summed E-state index contributed by atoms with van der Waals surface area (Å²) in [6, 6.07) is 12.9. The SMILES string of the molecule is O=C(c1cccc([N+](=O)[O-])c1)N1CCCC1c1nc(-c2ccc(Br)cc2)no1. The van der Waals surface area contributed by atoms with Crippen LogP contribution >= 0.6 is 15.9 Å². The number of rotatable bonds is 4. The quantitative estimate of drug-likeness (QED) is 0.438. The van der Waals surface area contributed by atoms with Crippen molar-refractivity contribution >= 4 is 27.5 Å². The Kier molecular flexibility index (Phi) is 4.91. The van der Waals surface area contributed by atoms with Gasteiger partial charge in [-0.2, -0.15) is 4.98 Å². The molecule has 4 rings (SSSR count). The molecule has 1 aliphatic rings. The second-order valence-corrected chi connectivity index (χ2v) is 7.34. The largest absolute Gasteiger partial charge is 0.337 e. The number of benzene rings is 2. The number of likely N-dealkylation sites (tertiary alicyclic amines) is 1. The van der Waals surface area contributed by atoms with Gasteiger partial charge in [-0.1, -0.05) is 27.2 Å². The van der Waals surface area contributed by atoms with Gasteiger partial charge in [0, 0.05) is 34.3 Å². The molecule has 2 aromatic carbocycles. The molecule has 1 aromatic heterocycles. The first kappa shape index (κ1) is 18.3.